The van der Waals surface area contributed by atoms with Crippen molar-refractivity contribution in [1.29, 1.82) is 0 Å². The Labute approximate surface area is 128 Å². The summed E-state index contributed by atoms with van der Waals surface area (Å²) in [4.78, 5) is 0. The highest BCUT2D eigenvalue weighted by molar-refractivity contribution is 7.86. The van der Waals surface area contributed by atoms with Crippen molar-refractivity contribution in [2.24, 2.45) is 0 Å². The fourth-order valence-corrected chi connectivity index (χ4v) is 1.35. The van der Waals surface area contributed by atoms with Crippen LogP contribution < -0.4 is 0 Å². The third-order valence-corrected chi connectivity index (χ3v) is 3.21. The highest BCUT2D eigenvalue weighted by atomic mass is 32.2. The second-order valence-electron chi connectivity index (χ2n) is 4.12. The van der Waals surface area contributed by atoms with Gasteiger partial charge in [0.25, 0.3) is 0 Å². The lowest BCUT2D eigenvalue weighted by Crippen LogP contribution is -2.68. The molecule has 0 fully saturated rings. The van der Waals surface area contributed by atoms with E-state index in [2.05, 4.69) is 0 Å². The molecule has 152 valence electrons. The maximum Gasteiger partial charge on any atom is 0.460 e. The third kappa shape index (κ3) is 3.60. The Hall–Kier alpha value is -1.04. The van der Waals surface area contributed by atoms with Crippen LogP contribution in [0.1, 0.15) is 0 Å². The molecular formula is C7H3F13O4S. The van der Waals surface area contributed by atoms with Gasteiger partial charge in [-0.2, -0.15) is 61.1 Å². The van der Waals surface area contributed by atoms with E-state index in [4.69, 9.17) is 4.55 Å². The van der Waals surface area contributed by atoms with Crippen molar-refractivity contribution >= 4 is 10.1 Å². The van der Waals surface area contributed by atoms with Crippen LogP contribution in [0.25, 0.3) is 0 Å². The molecule has 0 aliphatic carbocycles. The molecule has 0 aromatic rings. The first kappa shape index (κ1) is 24.0. The molecule has 1 N–H and O–H groups in total. The molecule has 0 aromatic carbocycles. The molecule has 0 bridgehead atoms. The SMILES string of the molecule is O=S(=O)(O)C(F)(F)C(F)(F)OC(F)(C(F)(F)F)C(F)(F)C(F)(F)CF. The molecule has 0 saturated carbocycles. The van der Waals surface area contributed by atoms with Crippen molar-refractivity contribution in [1.82, 2.24) is 0 Å². The average Bonchev–Trinajstić information content (AvgIpc) is 2.34. The topological polar surface area (TPSA) is 63.6 Å². The Morgan fingerprint density at radius 3 is 1.40 bits per heavy atom. The van der Waals surface area contributed by atoms with Gasteiger partial charge in [-0.1, -0.05) is 0 Å². The van der Waals surface area contributed by atoms with Gasteiger partial charge in [0.15, 0.2) is 6.67 Å². The van der Waals surface area contributed by atoms with Crippen molar-refractivity contribution in [3.05, 3.63) is 0 Å². The highest BCUT2D eigenvalue weighted by Crippen LogP contribution is 2.56. The summed E-state index contributed by atoms with van der Waals surface area (Å²) in [7, 11) is -7.41. The molecule has 0 amide bonds. The Kier molecular flexibility index (Phi) is 5.75. The molecule has 0 rings (SSSR count). The minimum absolute atomic E-state index is 1.42. The molecule has 0 saturated heterocycles. The molecular weight excluding hydrogens is 427 g/mol. The number of alkyl halides is 13. The standard InChI is InChI=1S/C7H3F13O4S/c8-1-2(9,10)3(11,12)4(13,5(14,15)16)24-6(17,18)7(19,20)25(21,22)23/h1H2,(H,21,22,23). The van der Waals surface area contributed by atoms with E-state index in [1.54, 1.807) is 0 Å². The monoisotopic (exact) mass is 430 g/mol. The fraction of sp³-hybridized carbons (Fsp3) is 1.00. The molecule has 1 unspecified atom stereocenters. The minimum atomic E-state index is -7.70. The number of rotatable bonds is 7. The van der Waals surface area contributed by atoms with E-state index in [1.165, 1.54) is 4.74 Å². The smallest absolute Gasteiger partial charge is 0.281 e. The summed E-state index contributed by atoms with van der Waals surface area (Å²) in [6.45, 7) is -3.79. The lowest BCUT2D eigenvalue weighted by atomic mass is 10.0. The van der Waals surface area contributed by atoms with Crippen molar-refractivity contribution in [2.75, 3.05) is 6.67 Å². The number of halogens is 13. The molecule has 0 spiro atoms. The maximum atomic E-state index is 13.3. The van der Waals surface area contributed by atoms with E-state index in [0.717, 1.165) is 0 Å². The quantitative estimate of drug-likeness (QED) is 0.496. The zero-order valence-corrected chi connectivity index (χ0v) is 11.5. The fourth-order valence-electron chi connectivity index (χ4n) is 1.01. The molecule has 18 heteroatoms. The van der Waals surface area contributed by atoms with E-state index >= 15 is 0 Å². The zero-order chi connectivity index (χ0) is 20.9. The summed E-state index contributed by atoms with van der Waals surface area (Å²) in [6.07, 6.45) is -15.1. The van der Waals surface area contributed by atoms with E-state index in [1.807, 2.05) is 0 Å². The number of hydrogen-bond donors (Lipinski definition) is 1. The van der Waals surface area contributed by atoms with Gasteiger partial charge in [0, 0.05) is 0 Å². The molecule has 25 heavy (non-hydrogen) atoms. The van der Waals surface area contributed by atoms with Crippen LogP contribution in [0, 0.1) is 0 Å². The van der Waals surface area contributed by atoms with Gasteiger partial charge in [0.2, 0.25) is 0 Å². The Balaban J connectivity index is 6.49. The summed E-state index contributed by atoms with van der Waals surface area (Å²) >= 11 is 0. The van der Waals surface area contributed by atoms with Crippen LogP contribution in [0.4, 0.5) is 57.1 Å². The van der Waals surface area contributed by atoms with Crippen molar-refractivity contribution in [3.8, 4) is 0 Å². The largest absolute Gasteiger partial charge is 0.460 e. The van der Waals surface area contributed by atoms with Gasteiger partial charge in [-0.3, -0.25) is 9.29 Å². The summed E-state index contributed by atoms with van der Waals surface area (Å²) in [6, 6.07) is 0. The predicted molar refractivity (Wildman–Crippen MR) is 48.3 cm³/mol. The second-order valence-corrected chi connectivity index (χ2v) is 5.58. The van der Waals surface area contributed by atoms with E-state index in [9.17, 15) is 65.5 Å². The first-order chi connectivity index (χ1) is 10.5. The third-order valence-electron chi connectivity index (χ3n) is 2.33. The minimum Gasteiger partial charge on any atom is -0.281 e. The predicted octanol–water partition coefficient (Wildman–Crippen LogP) is 3.54. The van der Waals surface area contributed by atoms with Gasteiger partial charge in [-0.25, -0.2) is 4.39 Å². The summed E-state index contributed by atoms with van der Waals surface area (Å²) < 4.78 is 193. The van der Waals surface area contributed by atoms with E-state index in [-0.39, 0.29) is 0 Å². The van der Waals surface area contributed by atoms with Gasteiger partial charge >= 0.3 is 45.4 Å². The van der Waals surface area contributed by atoms with Crippen molar-refractivity contribution in [3.63, 3.8) is 0 Å². The second kappa shape index (κ2) is 6.00. The molecule has 0 aliphatic rings. The summed E-state index contributed by atoms with van der Waals surface area (Å²) in [5.74, 6) is -22.0. The zero-order valence-electron chi connectivity index (χ0n) is 10.7. The molecule has 0 radical (unpaired) electrons. The van der Waals surface area contributed by atoms with Gasteiger partial charge < -0.3 is 0 Å². The first-order valence-corrected chi connectivity index (χ1v) is 6.46. The summed E-state index contributed by atoms with van der Waals surface area (Å²) in [5.41, 5.74) is 0. The van der Waals surface area contributed by atoms with Crippen LogP contribution in [-0.2, 0) is 14.9 Å². The van der Waals surface area contributed by atoms with Gasteiger partial charge in [0.05, 0.1) is 0 Å². The van der Waals surface area contributed by atoms with Crippen LogP contribution in [-0.4, -0.2) is 54.9 Å². The molecule has 4 nitrogen and oxygen atoms in total. The summed E-state index contributed by atoms with van der Waals surface area (Å²) in [5, 5.41) is -7.19. The maximum absolute atomic E-state index is 13.3. The molecule has 0 aliphatic heterocycles. The lowest BCUT2D eigenvalue weighted by molar-refractivity contribution is -0.495. The van der Waals surface area contributed by atoms with Crippen LogP contribution in [0.15, 0.2) is 0 Å². The Bertz CT molecular complexity index is 596. The number of ether oxygens (including phenoxy) is 1. The van der Waals surface area contributed by atoms with Crippen molar-refractivity contribution < 1.29 is 74.8 Å². The molecule has 0 heterocycles. The number of hydrogen-bond acceptors (Lipinski definition) is 3. The van der Waals surface area contributed by atoms with E-state index in [0.29, 0.717) is 0 Å². The van der Waals surface area contributed by atoms with Crippen LogP contribution >= 0.6 is 0 Å². The van der Waals surface area contributed by atoms with Crippen LogP contribution in [0.2, 0.25) is 0 Å². The first-order valence-electron chi connectivity index (χ1n) is 5.02. The van der Waals surface area contributed by atoms with Crippen LogP contribution in [0.5, 0.6) is 0 Å². The van der Waals surface area contributed by atoms with Gasteiger partial charge in [-0.05, 0) is 0 Å². The molecule has 0 aromatic heterocycles. The van der Waals surface area contributed by atoms with Gasteiger partial charge in [0.1, 0.15) is 0 Å². The Morgan fingerprint density at radius 1 is 0.800 bits per heavy atom. The van der Waals surface area contributed by atoms with E-state index < -0.39 is 52.0 Å². The van der Waals surface area contributed by atoms with Crippen molar-refractivity contribution in [2.45, 2.75) is 35.2 Å². The lowest BCUT2D eigenvalue weighted by Gasteiger charge is -2.39. The average molecular weight is 430 g/mol. The van der Waals surface area contributed by atoms with Gasteiger partial charge in [-0.15, -0.1) is 0 Å². The Morgan fingerprint density at radius 2 is 1.16 bits per heavy atom. The molecule has 1 atom stereocenters. The van der Waals surface area contributed by atoms with Crippen LogP contribution in [0.3, 0.4) is 0 Å². The normalized spacial score (nSPS) is 18.2. The highest BCUT2D eigenvalue weighted by Gasteiger charge is 2.86.